The van der Waals surface area contributed by atoms with Crippen LogP contribution in [0.15, 0.2) is 78.9 Å². The number of anilines is 2. The molecule has 0 aliphatic heterocycles. The van der Waals surface area contributed by atoms with Crippen molar-refractivity contribution in [3.63, 3.8) is 0 Å². The third-order valence-electron chi connectivity index (χ3n) is 4.42. The van der Waals surface area contributed by atoms with Gasteiger partial charge in [0.25, 0.3) is 0 Å². The predicted molar refractivity (Wildman–Crippen MR) is 102 cm³/mol. The Kier molecular flexibility index (Phi) is 3.58. The van der Waals surface area contributed by atoms with Crippen LogP contribution in [0.25, 0.3) is 16.6 Å². The standard InChI is InChI=1S/C22H20N2/c1-16-9-8-10-17(2)22(16)24-20-14-7-6-11-18(20)15-21(24)23-19-12-4-3-5-13-19/h3-15,23H,1-2H3. The average Bonchev–Trinajstić information content (AvgIpc) is 2.94. The minimum absolute atomic E-state index is 1.08. The number of rotatable bonds is 3. The molecule has 0 fully saturated rings. The van der Waals surface area contributed by atoms with Gasteiger partial charge in [-0.2, -0.15) is 0 Å². The largest absolute Gasteiger partial charge is 0.341 e. The van der Waals surface area contributed by atoms with Gasteiger partial charge in [0.2, 0.25) is 0 Å². The van der Waals surface area contributed by atoms with Crippen molar-refractivity contribution in [2.45, 2.75) is 13.8 Å². The van der Waals surface area contributed by atoms with Crippen molar-refractivity contribution in [3.8, 4) is 5.69 Å². The Labute approximate surface area is 142 Å². The molecule has 0 atom stereocenters. The number of para-hydroxylation sites is 3. The molecule has 4 aromatic rings. The molecular formula is C22H20N2. The molecule has 0 spiro atoms. The first-order valence-electron chi connectivity index (χ1n) is 8.23. The summed E-state index contributed by atoms with van der Waals surface area (Å²) >= 11 is 0. The smallest absolute Gasteiger partial charge is 0.116 e. The normalized spacial score (nSPS) is 10.9. The first kappa shape index (κ1) is 14.6. The second kappa shape index (κ2) is 5.89. The van der Waals surface area contributed by atoms with E-state index in [1.54, 1.807) is 0 Å². The maximum absolute atomic E-state index is 3.58. The van der Waals surface area contributed by atoms with Gasteiger partial charge in [0, 0.05) is 11.1 Å². The molecule has 1 heterocycles. The van der Waals surface area contributed by atoms with Gasteiger partial charge in [-0.3, -0.25) is 4.57 Å². The molecular weight excluding hydrogens is 292 g/mol. The lowest BCUT2D eigenvalue weighted by molar-refractivity contribution is 1.08. The Morgan fingerprint density at radius 2 is 1.38 bits per heavy atom. The number of nitrogens with zero attached hydrogens (tertiary/aromatic N) is 1. The Balaban J connectivity index is 1.97. The second-order valence-electron chi connectivity index (χ2n) is 6.16. The lowest BCUT2D eigenvalue weighted by Crippen LogP contribution is -2.04. The number of hydrogen-bond acceptors (Lipinski definition) is 1. The van der Waals surface area contributed by atoms with Crippen molar-refractivity contribution < 1.29 is 0 Å². The molecule has 0 aliphatic rings. The summed E-state index contributed by atoms with van der Waals surface area (Å²) in [6.45, 7) is 4.34. The van der Waals surface area contributed by atoms with Crippen molar-refractivity contribution in [2.24, 2.45) is 0 Å². The van der Waals surface area contributed by atoms with Crippen molar-refractivity contribution in [2.75, 3.05) is 5.32 Å². The van der Waals surface area contributed by atoms with Crippen molar-refractivity contribution >= 4 is 22.4 Å². The third-order valence-corrected chi connectivity index (χ3v) is 4.42. The van der Waals surface area contributed by atoms with Crippen LogP contribution in [0.3, 0.4) is 0 Å². The van der Waals surface area contributed by atoms with Gasteiger partial charge in [-0.15, -0.1) is 0 Å². The van der Waals surface area contributed by atoms with Crippen LogP contribution < -0.4 is 5.32 Å². The highest BCUT2D eigenvalue weighted by molar-refractivity contribution is 5.88. The van der Waals surface area contributed by atoms with Crippen molar-refractivity contribution in [1.82, 2.24) is 4.57 Å². The molecule has 0 saturated carbocycles. The van der Waals surface area contributed by atoms with Gasteiger partial charge in [0.15, 0.2) is 0 Å². The van der Waals surface area contributed by atoms with Gasteiger partial charge in [-0.05, 0) is 49.2 Å². The van der Waals surface area contributed by atoms with Gasteiger partial charge in [-0.25, -0.2) is 0 Å². The predicted octanol–water partition coefficient (Wildman–Crippen LogP) is 5.99. The topological polar surface area (TPSA) is 17.0 Å². The number of hydrogen-bond donors (Lipinski definition) is 1. The van der Waals surface area contributed by atoms with Crippen LogP contribution in [0.5, 0.6) is 0 Å². The molecule has 0 unspecified atom stereocenters. The lowest BCUT2D eigenvalue weighted by atomic mass is 10.1. The molecule has 1 aromatic heterocycles. The summed E-state index contributed by atoms with van der Waals surface area (Å²) in [6.07, 6.45) is 0. The molecule has 0 amide bonds. The molecule has 0 radical (unpaired) electrons. The Morgan fingerprint density at radius 3 is 2.12 bits per heavy atom. The maximum Gasteiger partial charge on any atom is 0.116 e. The first-order valence-corrected chi connectivity index (χ1v) is 8.23. The summed E-state index contributed by atoms with van der Waals surface area (Å²) < 4.78 is 2.33. The van der Waals surface area contributed by atoms with Crippen LogP contribution in [0.4, 0.5) is 11.5 Å². The van der Waals surface area contributed by atoms with E-state index >= 15 is 0 Å². The second-order valence-corrected chi connectivity index (χ2v) is 6.16. The molecule has 1 N–H and O–H groups in total. The van der Waals surface area contributed by atoms with Crippen molar-refractivity contribution in [1.29, 1.82) is 0 Å². The highest BCUT2D eigenvalue weighted by Crippen LogP contribution is 2.32. The summed E-state index contributed by atoms with van der Waals surface area (Å²) in [7, 11) is 0. The van der Waals surface area contributed by atoms with E-state index in [-0.39, 0.29) is 0 Å². The van der Waals surface area contributed by atoms with Crippen LogP contribution >= 0.6 is 0 Å². The van der Waals surface area contributed by atoms with Crippen LogP contribution in [0.1, 0.15) is 11.1 Å². The summed E-state index contributed by atoms with van der Waals surface area (Å²) in [5.41, 5.74) is 6.10. The number of aromatic nitrogens is 1. The molecule has 2 heteroatoms. The van der Waals surface area contributed by atoms with E-state index in [1.807, 2.05) is 18.2 Å². The molecule has 0 bridgehead atoms. The van der Waals surface area contributed by atoms with Crippen LogP contribution in [-0.2, 0) is 0 Å². The molecule has 24 heavy (non-hydrogen) atoms. The zero-order valence-corrected chi connectivity index (χ0v) is 14.0. The molecule has 118 valence electrons. The fraction of sp³-hybridized carbons (Fsp3) is 0.0909. The van der Waals surface area contributed by atoms with Gasteiger partial charge in [0.1, 0.15) is 5.82 Å². The number of nitrogens with one attached hydrogen (secondary N) is 1. The monoisotopic (exact) mass is 312 g/mol. The van der Waals surface area contributed by atoms with E-state index in [0.29, 0.717) is 0 Å². The lowest BCUT2D eigenvalue weighted by Gasteiger charge is -2.17. The fourth-order valence-electron chi connectivity index (χ4n) is 3.32. The summed E-state index contributed by atoms with van der Waals surface area (Å²) in [5.74, 6) is 1.08. The summed E-state index contributed by atoms with van der Waals surface area (Å²) in [6, 6.07) is 27.5. The Hall–Kier alpha value is -3.00. The van der Waals surface area contributed by atoms with Gasteiger partial charge in [-0.1, -0.05) is 54.6 Å². The van der Waals surface area contributed by atoms with E-state index in [0.717, 1.165) is 11.5 Å². The molecule has 4 rings (SSSR count). The Morgan fingerprint density at radius 1 is 0.708 bits per heavy atom. The molecule has 0 aliphatic carbocycles. The van der Waals surface area contributed by atoms with Crippen LogP contribution in [0.2, 0.25) is 0 Å². The molecule has 3 aromatic carbocycles. The van der Waals surface area contributed by atoms with E-state index in [9.17, 15) is 0 Å². The minimum Gasteiger partial charge on any atom is -0.341 e. The number of aryl methyl sites for hydroxylation is 2. The fourth-order valence-corrected chi connectivity index (χ4v) is 3.32. The van der Waals surface area contributed by atoms with E-state index in [4.69, 9.17) is 0 Å². The quantitative estimate of drug-likeness (QED) is 0.491. The summed E-state index contributed by atoms with van der Waals surface area (Å²) in [5, 5.41) is 4.81. The minimum atomic E-state index is 1.08. The molecule has 2 nitrogen and oxygen atoms in total. The zero-order valence-electron chi connectivity index (χ0n) is 14.0. The third kappa shape index (κ3) is 2.46. The van der Waals surface area contributed by atoms with Crippen molar-refractivity contribution in [3.05, 3.63) is 90.0 Å². The van der Waals surface area contributed by atoms with E-state index in [2.05, 4.69) is 84.4 Å². The Bertz CT molecular complexity index is 977. The number of benzene rings is 3. The SMILES string of the molecule is Cc1cccc(C)c1-n1c(Nc2ccccc2)cc2ccccc21. The summed E-state index contributed by atoms with van der Waals surface area (Å²) in [4.78, 5) is 0. The first-order chi connectivity index (χ1) is 11.7. The number of fused-ring (bicyclic) bond motifs is 1. The van der Waals surface area contributed by atoms with Crippen LogP contribution in [0, 0.1) is 13.8 Å². The highest BCUT2D eigenvalue weighted by atomic mass is 15.1. The zero-order chi connectivity index (χ0) is 16.5. The maximum atomic E-state index is 3.58. The van der Waals surface area contributed by atoms with Gasteiger partial charge < -0.3 is 5.32 Å². The highest BCUT2D eigenvalue weighted by Gasteiger charge is 2.14. The van der Waals surface area contributed by atoms with E-state index < -0.39 is 0 Å². The molecule has 0 saturated heterocycles. The van der Waals surface area contributed by atoms with Gasteiger partial charge in [0.05, 0.1) is 11.2 Å². The van der Waals surface area contributed by atoms with Gasteiger partial charge >= 0.3 is 0 Å². The average molecular weight is 312 g/mol. The van der Waals surface area contributed by atoms with Crippen LogP contribution in [-0.4, -0.2) is 4.57 Å². The van der Waals surface area contributed by atoms with E-state index in [1.165, 1.54) is 27.7 Å².